The van der Waals surface area contributed by atoms with E-state index in [2.05, 4.69) is 4.98 Å². The molecule has 0 unspecified atom stereocenters. The summed E-state index contributed by atoms with van der Waals surface area (Å²) < 4.78 is 31.1. The van der Waals surface area contributed by atoms with Gasteiger partial charge in [-0.3, -0.25) is 0 Å². The lowest BCUT2D eigenvalue weighted by Gasteiger charge is -2.29. The predicted octanol–water partition coefficient (Wildman–Crippen LogP) is 5.84. The number of hydrogen-bond acceptors (Lipinski definition) is 5. The fourth-order valence-electron chi connectivity index (χ4n) is 4.24. The molecule has 0 radical (unpaired) electrons. The number of aryl methyl sites for hydroxylation is 2. The molecule has 2 aromatic carbocycles. The molecule has 6 nitrogen and oxygen atoms in total. The van der Waals surface area contributed by atoms with E-state index >= 15 is 0 Å². The second-order valence-electron chi connectivity index (χ2n) is 8.48. The molecule has 33 heavy (non-hydrogen) atoms. The van der Waals surface area contributed by atoms with Crippen LogP contribution in [0.15, 0.2) is 46.9 Å². The predicted molar refractivity (Wildman–Crippen MR) is 120 cm³/mol. The Morgan fingerprint density at radius 3 is 2.48 bits per heavy atom. The summed E-state index contributed by atoms with van der Waals surface area (Å²) in [7, 11) is 0. The molecule has 0 amide bonds. The van der Waals surface area contributed by atoms with E-state index in [1.165, 1.54) is 12.1 Å². The Morgan fingerprint density at radius 1 is 1.09 bits per heavy atom. The van der Waals surface area contributed by atoms with Crippen LogP contribution in [0.2, 0.25) is 0 Å². The number of carboxylic acid groups (broad SMARTS) is 1. The fraction of sp³-hybridized carbons (Fsp3) is 0.385. The summed E-state index contributed by atoms with van der Waals surface area (Å²) in [5.74, 6) is -0.109. The maximum Gasteiger partial charge on any atom is 0.336 e. The minimum atomic E-state index is -0.931. The Bertz CT molecular complexity index is 1110. The van der Waals surface area contributed by atoms with Crippen molar-refractivity contribution in [2.45, 2.75) is 65.0 Å². The maximum atomic E-state index is 13.2. The molecule has 1 aliphatic carbocycles. The number of halogens is 1. The highest BCUT2D eigenvalue weighted by molar-refractivity contribution is 5.91. The quantitative estimate of drug-likeness (QED) is 0.461. The molecule has 0 bridgehead atoms. The molecule has 174 valence electrons. The molecule has 0 aliphatic heterocycles. The van der Waals surface area contributed by atoms with Crippen LogP contribution in [0, 0.1) is 19.7 Å². The Labute approximate surface area is 192 Å². The minimum absolute atomic E-state index is 0.0130. The first kappa shape index (κ1) is 23.1. The molecule has 1 aliphatic rings. The van der Waals surface area contributed by atoms with Crippen molar-refractivity contribution in [1.82, 2.24) is 4.98 Å². The number of benzene rings is 2. The van der Waals surface area contributed by atoms with Gasteiger partial charge in [0, 0.05) is 5.56 Å². The lowest BCUT2D eigenvalue weighted by molar-refractivity contribution is -0.0564. The van der Waals surface area contributed by atoms with Crippen LogP contribution >= 0.6 is 0 Å². The average molecular weight is 454 g/mol. The van der Waals surface area contributed by atoms with E-state index in [4.69, 9.17) is 13.9 Å². The molecule has 4 rings (SSSR count). The van der Waals surface area contributed by atoms with E-state index in [0.717, 1.165) is 36.9 Å². The van der Waals surface area contributed by atoms with Gasteiger partial charge in [0.25, 0.3) is 0 Å². The zero-order valence-corrected chi connectivity index (χ0v) is 18.8. The van der Waals surface area contributed by atoms with E-state index in [0.29, 0.717) is 34.9 Å². The first-order chi connectivity index (χ1) is 15.9. The summed E-state index contributed by atoms with van der Waals surface area (Å²) in [6, 6.07) is 11.5. The highest BCUT2D eigenvalue weighted by atomic mass is 19.1. The van der Waals surface area contributed by atoms with Crippen LogP contribution in [-0.4, -0.2) is 28.3 Å². The van der Waals surface area contributed by atoms with Gasteiger partial charge in [-0.1, -0.05) is 18.2 Å². The molecule has 1 saturated carbocycles. The van der Waals surface area contributed by atoms with Gasteiger partial charge in [-0.05, 0) is 74.9 Å². The van der Waals surface area contributed by atoms with Gasteiger partial charge in [0.2, 0.25) is 5.89 Å². The number of hydrogen-bond donors (Lipinski definition) is 1. The van der Waals surface area contributed by atoms with Crippen molar-refractivity contribution in [3.8, 4) is 11.5 Å². The third kappa shape index (κ3) is 5.67. The smallest absolute Gasteiger partial charge is 0.336 e. The highest BCUT2D eigenvalue weighted by Gasteiger charge is 2.25. The van der Waals surface area contributed by atoms with E-state index < -0.39 is 5.97 Å². The zero-order chi connectivity index (χ0) is 23.4. The van der Waals surface area contributed by atoms with Crippen LogP contribution in [0.1, 0.15) is 58.6 Å². The number of ether oxygens (including phenoxy) is 2. The van der Waals surface area contributed by atoms with Gasteiger partial charge in [0.15, 0.2) is 0 Å². The van der Waals surface area contributed by atoms with Crippen molar-refractivity contribution in [3.63, 3.8) is 0 Å². The summed E-state index contributed by atoms with van der Waals surface area (Å²) in [6.45, 7) is 4.23. The summed E-state index contributed by atoms with van der Waals surface area (Å²) >= 11 is 0. The first-order valence-electron chi connectivity index (χ1n) is 11.2. The first-order valence-corrected chi connectivity index (χ1v) is 11.2. The Kier molecular flexibility index (Phi) is 7.20. The van der Waals surface area contributed by atoms with Crippen molar-refractivity contribution >= 4 is 5.97 Å². The Balaban J connectivity index is 1.32. The van der Waals surface area contributed by atoms with Crippen molar-refractivity contribution in [3.05, 3.63) is 76.4 Å². The molecule has 1 aromatic heterocycles. The Morgan fingerprint density at radius 2 is 1.79 bits per heavy atom. The van der Waals surface area contributed by atoms with E-state index in [1.807, 2.05) is 13.0 Å². The standard InChI is InChI=1S/C26H28FNO5/c1-16-5-3-6-19(24(16)26(29)30)14-31-21-7-4-8-22(13-21)32-15-23-17(2)33-25(28-23)18-9-11-20(27)12-10-18/h3,5-6,9-12,21-22H,4,7-8,13-15H2,1-2H3,(H,29,30)/t21-,22+/m0/s1. The molecular formula is C26H28FNO5. The van der Waals surface area contributed by atoms with Gasteiger partial charge in [-0.15, -0.1) is 0 Å². The van der Waals surface area contributed by atoms with Crippen molar-refractivity contribution < 1.29 is 28.2 Å². The number of oxazole rings is 1. The molecule has 0 spiro atoms. The van der Waals surface area contributed by atoms with E-state index in [9.17, 15) is 14.3 Å². The normalized spacial score (nSPS) is 18.4. The summed E-state index contributed by atoms with van der Waals surface area (Å²) in [5.41, 5.74) is 3.19. The molecule has 3 aromatic rings. The number of aromatic carboxylic acids is 1. The van der Waals surface area contributed by atoms with Gasteiger partial charge in [-0.25, -0.2) is 14.2 Å². The molecular weight excluding hydrogens is 425 g/mol. The van der Waals surface area contributed by atoms with Crippen LogP contribution in [0.5, 0.6) is 0 Å². The van der Waals surface area contributed by atoms with Crippen LogP contribution in [0.3, 0.4) is 0 Å². The van der Waals surface area contributed by atoms with Gasteiger partial charge in [0.1, 0.15) is 17.3 Å². The van der Waals surface area contributed by atoms with Crippen molar-refractivity contribution in [1.29, 1.82) is 0 Å². The summed E-state index contributed by atoms with van der Waals surface area (Å²) in [6.07, 6.45) is 3.63. The van der Waals surface area contributed by atoms with Crippen LogP contribution in [0.25, 0.3) is 11.5 Å². The lowest BCUT2D eigenvalue weighted by atomic mass is 9.94. The van der Waals surface area contributed by atoms with E-state index in [1.54, 1.807) is 31.2 Å². The fourth-order valence-corrected chi connectivity index (χ4v) is 4.24. The molecule has 1 N–H and O–H groups in total. The lowest BCUT2D eigenvalue weighted by Crippen LogP contribution is -2.28. The third-order valence-corrected chi connectivity index (χ3v) is 6.07. The van der Waals surface area contributed by atoms with Crippen LogP contribution < -0.4 is 0 Å². The highest BCUT2D eigenvalue weighted by Crippen LogP contribution is 2.28. The van der Waals surface area contributed by atoms with Gasteiger partial charge >= 0.3 is 5.97 Å². The minimum Gasteiger partial charge on any atom is -0.478 e. The third-order valence-electron chi connectivity index (χ3n) is 6.07. The number of rotatable bonds is 8. The van der Waals surface area contributed by atoms with Gasteiger partial charge in [-0.2, -0.15) is 0 Å². The second kappa shape index (κ2) is 10.3. The molecule has 1 heterocycles. The summed E-state index contributed by atoms with van der Waals surface area (Å²) in [4.78, 5) is 16.1. The summed E-state index contributed by atoms with van der Waals surface area (Å²) in [5, 5.41) is 9.51. The van der Waals surface area contributed by atoms with Gasteiger partial charge in [0.05, 0.1) is 31.0 Å². The number of nitrogens with zero attached hydrogens (tertiary/aromatic N) is 1. The number of carbonyl (C=O) groups is 1. The maximum absolute atomic E-state index is 13.2. The second-order valence-corrected chi connectivity index (χ2v) is 8.48. The van der Waals surface area contributed by atoms with Gasteiger partial charge < -0.3 is 19.0 Å². The SMILES string of the molecule is Cc1cccc(CO[C@H]2CCC[C@@H](OCc3nc(-c4ccc(F)cc4)oc3C)C2)c1C(=O)O. The van der Waals surface area contributed by atoms with Crippen LogP contribution in [-0.2, 0) is 22.7 Å². The number of carboxylic acids is 1. The largest absolute Gasteiger partial charge is 0.478 e. The topological polar surface area (TPSA) is 81.8 Å². The molecule has 1 fully saturated rings. The van der Waals surface area contributed by atoms with E-state index in [-0.39, 0.29) is 24.6 Å². The average Bonchev–Trinajstić information content (AvgIpc) is 3.17. The number of aromatic nitrogens is 1. The van der Waals surface area contributed by atoms with Crippen molar-refractivity contribution in [2.75, 3.05) is 0 Å². The van der Waals surface area contributed by atoms with Crippen LogP contribution in [0.4, 0.5) is 4.39 Å². The molecule has 7 heteroatoms. The Hall–Kier alpha value is -3.03. The molecule has 2 atom stereocenters. The van der Waals surface area contributed by atoms with Crippen molar-refractivity contribution in [2.24, 2.45) is 0 Å². The monoisotopic (exact) mass is 453 g/mol. The zero-order valence-electron chi connectivity index (χ0n) is 18.8. The molecule has 0 saturated heterocycles.